The van der Waals surface area contributed by atoms with Gasteiger partial charge in [0.1, 0.15) is 11.5 Å². The number of amides is 1. The molecule has 2 atom stereocenters. The van der Waals surface area contributed by atoms with E-state index in [0.717, 1.165) is 16.7 Å². The van der Waals surface area contributed by atoms with Crippen molar-refractivity contribution in [2.45, 2.75) is 12.1 Å². The molecule has 1 N–H and O–H groups in total. The Labute approximate surface area is 174 Å². The van der Waals surface area contributed by atoms with Crippen molar-refractivity contribution in [2.24, 2.45) is 0 Å². The number of methoxy groups -OCH3 is 2. The van der Waals surface area contributed by atoms with Crippen molar-refractivity contribution < 1.29 is 19.0 Å². The van der Waals surface area contributed by atoms with Crippen molar-refractivity contribution in [2.75, 3.05) is 14.2 Å². The van der Waals surface area contributed by atoms with Crippen LogP contribution in [0.1, 0.15) is 34.4 Å². The van der Waals surface area contributed by atoms with Crippen molar-refractivity contribution >= 4 is 6.09 Å². The summed E-state index contributed by atoms with van der Waals surface area (Å²) >= 11 is 0. The molecule has 0 saturated carbocycles. The molecule has 1 amide bonds. The zero-order valence-corrected chi connectivity index (χ0v) is 16.6. The van der Waals surface area contributed by atoms with Crippen LogP contribution in [-0.4, -0.2) is 25.3 Å². The summed E-state index contributed by atoms with van der Waals surface area (Å²) in [6.07, 6.45) is 2.41. The van der Waals surface area contributed by atoms with Crippen LogP contribution in [0.4, 0.5) is 4.79 Å². The predicted octanol–water partition coefficient (Wildman–Crippen LogP) is 4.02. The third kappa shape index (κ3) is 4.06. The summed E-state index contributed by atoms with van der Waals surface area (Å²) in [7, 11) is 3.21. The molecule has 0 aliphatic carbocycles. The normalized spacial score (nSPS) is 17.3. The van der Waals surface area contributed by atoms with Gasteiger partial charge in [-0.15, -0.1) is 0 Å². The average molecular weight is 400 g/mol. The van der Waals surface area contributed by atoms with Crippen LogP contribution in [-0.2, 0) is 4.74 Å². The van der Waals surface area contributed by atoms with Gasteiger partial charge in [0, 0.05) is 18.0 Å². The van der Waals surface area contributed by atoms with E-state index in [1.165, 1.54) is 0 Å². The van der Waals surface area contributed by atoms with Crippen LogP contribution in [0.3, 0.4) is 0 Å². The summed E-state index contributed by atoms with van der Waals surface area (Å²) < 4.78 is 16.2. The second-order valence-corrected chi connectivity index (χ2v) is 6.68. The Hall–Kier alpha value is -3.98. The molecule has 1 fully saturated rings. The first-order chi connectivity index (χ1) is 14.7. The molecule has 0 bridgehead atoms. The molecule has 1 aliphatic rings. The molecule has 0 radical (unpaired) electrons. The maximum Gasteiger partial charge on any atom is 0.408 e. The molecule has 1 aliphatic heterocycles. The first kappa shape index (κ1) is 19.3. The van der Waals surface area contributed by atoms with Crippen molar-refractivity contribution in [3.63, 3.8) is 0 Å². The maximum absolute atomic E-state index is 12.0. The lowest BCUT2D eigenvalue weighted by molar-refractivity contribution is 0.132. The van der Waals surface area contributed by atoms with Gasteiger partial charge in [0.15, 0.2) is 6.10 Å². The lowest BCUT2D eigenvalue weighted by Crippen LogP contribution is -2.19. The minimum absolute atomic E-state index is 0.334. The number of hydrogen-bond acceptors (Lipinski definition) is 5. The molecule has 1 aromatic heterocycles. The van der Waals surface area contributed by atoms with Crippen LogP contribution < -0.4 is 14.8 Å². The number of hydrogen-bond donors (Lipinski definition) is 1. The zero-order valence-electron chi connectivity index (χ0n) is 16.6. The average Bonchev–Trinajstić information content (AvgIpc) is 3.20. The molecule has 4 rings (SSSR count). The Morgan fingerprint density at radius 2 is 1.83 bits per heavy atom. The van der Waals surface area contributed by atoms with E-state index < -0.39 is 12.2 Å². The minimum Gasteiger partial charge on any atom is -0.497 e. The van der Waals surface area contributed by atoms with Gasteiger partial charge in [-0.05, 0) is 41.5 Å². The highest BCUT2D eigenvalue weighted by Crippen LogP contribution is 2.37. The van der Waals surface area contributed by atoms with Gasteiger partial charge in [0.05, 0.1) is 25.8 Å². The zero-order chi connectivity index (χ0) is 20.9. The summed E-state index contributed by atoms with van der Waals surface area (Å²) in [5.41, 5.74) is 3.27. The molecule has 150 valence electrons. The van der Waals surface area contributed by atoms with E-state index in [-0.39, 0.29) is 6.04 Å². The topological polar surface area (TPSA) is 69.7 Å². The molecule has 0 spiro atoms. The molecule has 1 saturated heterocycles. The second kappa shape index (κ2) is 8.58. The molecule has 2 aromatic carbocycles. The van der Waals surface area contributed by atoms with Gasteiger partial charge in [-0.3, -0.25) is 4.98 Å². The van der Waals surface area contributed by atoms with Crippen LogP contribution >= 0.6 is 0 Å². The van der Waals surface area contributed by atoms with Gasteiger partial charge in [0.25, 0.3) is 0 Å². The summed E-state index contributed by atoms with van der Waals surface area (Å²) in [5.74, 6) is 7.61. The third-order valence-electron chi connectivity index (χ3n) is 4.82. The van der Waals surface area contributed by atoms with Crippen LogP contribution in [0.5, 0.6) is 11.5 Å². The SMILES string of the molecule is COc1cccc([C@H]2OC(=O)N[C@@H]2c2cccc(C#Cc3cnccc3OC)c2)c1. The van der Waals surface area contributed by atoms with Crippen molar-refractivity contribution in [3.8, 4) is 23.3 Å². The summed E-state index contributed by atoms with van der Waals surface area (Å²) in [6.45, 7) is 0. The monoisotopic (exact) mass is 400 g/mol. The molecule has 3 aromatic rings. The minimum atomic E-state index is -0.464. The van der Waals surface area contributed by atoms with E-state index in [2.05, 4.69) is 22.1 Å². The van der Waals surface area contributed by atoms with Gasteiger partial charge in [-0.1, -0.05) is 36.1 Å². The number of nitrogens with one attached hydrogen (secondary N) is 1. The number of nitrogens with zero attached hydrogens (tertiary/aromatic N) is 1. The van der Waals surface area contributed by atoms with Crippen LogP contribution in [0.2, 0.25) is 0 Å². The molecule has 6 nitrogen and oxygen atoms in total. The van der Waals surface area contributed by atoms with E-state index in [9.17, 15) is 4.79 Å². The van der Waals surface area contributed by atoms with Gasteiger partial charge in [-0.25, -0.2) is 4.79 Å². The van der Waals surface area contributed by atoms with Crippen molar-refractivity contribution in [1.29, 1.82) is 0 Å². The fourth-order valence-corrected chi connectivity index (χ4v) is 3.36. The first-order valence-electron chi connectivity index (χ1n) is 9.39. The summed E-state index contributed by atoms with van der Waals surface area (Å²) in [6, 6.07) is 16.7. The van der Waals surface area contributed by atoms with Crippen LogP contribution in [0, 0.1) is 11.8 Å². The molecule has 0 unspecified atom stereocenters. The summed E-state index contributed by atoms with van der Waals surface area (Å²) in [4.78, 5) is 16.1. The Morgan fingerprint density at radius 3 is 2.67 bits per heavy atom. The largest absolute Gasteiger partial charge is 0.497 e. The highest BCUT2D eigenvalue weighted by atomic mass is 16.6. The Balaban J connectivity index is 1.64. The second-order valence-electron chi connectivity index (χ2n) is 6.68. The van der Waals surface area contributed by atoms with Gasteiger partial charge in [0.2, 0.25) is 0 Å². The number of pyridine rings is 1. The van der Waals surface area contributed by atoms with E-state index >= 15 is 0 Å². The first-order valence-corrected chi connectivity index (χ1v) is 9.39. The molecule has 30 heavy (non-hydrogen) atoms. The van der Waals surface area contributed by atoms with E-state index in [1.807, 2.05) is 48.5 Å². The standard InChI is InChI=1S/C24H20N2O4/c1-28-20-8-4-7-18(14-20)23-22(26-24(27)30-23)17-6-3-5-16(13-17)9-10-19-15-25-12-11-21(19)29-2/h3-8,11-15,22-23H,1-2H3,(H,26,27)/t22-,23-/m1/s1. The Morgan fingerprint density at radius 1 is 1.00 bits per heavy atom. The number of cyclic esters (lactones) is 1. The number of ether oxygens (including phenoxy) is 3. The van der Waals surface area contributed by atoms with Crippen LogP contribution in [0.25, 0.3) is 0 Å². The number of carbonyl (C=O) groups excluding carboxylic acids is 1. The third-order valence-corrected chi connectivity index (χ3v) is 4.82. The summed E-state index contributed by atoms with van der Waals surface area (Å²) in [5, 5.41) is 2.90. The van der Waals surface area contributed by atoms with Crippen LogP contribution in [0.15, 0.2) is 67.0 Å². The molecule has 6 heteroatoms. The molecular weight excluding hydrogens is 380 g/mol. The predicted molar refractivity (Wildman–Crippen MR) is 111 cm³/mol. The lowest BCUT2D eigenvalue weighted by Gasteiger charge is -2.18. The van der Waals surface area contributed by atoms with E-state index in [0.29, 0.717) is 17.1 Å². The van der Waals surface area contributed by atoms with Gasteiger partial charge in [-0.2, -0.15) is 0 Å². The van der Waals surface area contributed by atoms with Crippen molar-refractivity contribution in [3.05, 3.63) is 89.2 Å². The van der Waals surface area contributed by atoms with Gasteiger partial charge < -0.3 is 19.5 Å². The highest BCUT2D eigenvalue weighted by Gasteiger charge is 2.36. The number of aromatic nitrogens is 1. The highest BCUT2D eigenvalue weighted by molar-refractivity contribution is 5.71. The number of carbonyl (C=O) groups is 1. The lowest BCUT2D eigenvalue weighted by atomic mass is 9.95. The number of rotatable bonds is 4. The van der Waals surface area contributed by atoms with Crippen molar-refractivity contribution in [1.82, 2.24) is 10.3 Å². The van der Waals surface area contributed by atoms with Gasteiger partial charge >= 0.3 is 6.09 Å². The fourth-order valence-electron chi connectivity index (χ4n) is 3.36. The smallest absolute Gasteiger partial charge is 0.408 e. The van der Waals surface area contributed by atoms with E-state index in [4.69, 9.17) is 14.2 Å². The maximum atomic E-state index is 12.0. The number of benzene rings is 2. The Bertz CT molecular complexity index is 1130. The quantitative estimate of drug-likeness (QED) is 0.670. The molecular formula is C24H20N2O4. The number of alkyl carbamates (subject to hydrolysis) is 1. The Kier molecular flexibility index (Phi) is 5.53. The molecule has 2 heterocycles. The fraction of sp³-hybridized carbons (Fsp3) is 0.167. The van der Waals surface area contributed by atoms with E-state index in [1.54, 1.807) is 32.7 Å².